The summed E-state index contributed by atoms with van der Waals surface area (Å²) in [5.74, 6) is 2.84. The number of alkyl halides is 1. The molecule has 0 saturated carbocycles. The van der Waals surface area contributed by atoms with Crippen LogP contribution in [0.5, 0.6) is 0 Å². The summed E-state index contributed by atoms with van der Waals surface area (Å²) in [6, 6.07) is 0. The van der Waals surface area contributed by atoms with Gasteiger partial charge in [0, 0.05) is 6.54 Å². The Bertz CT molecular complexity index is 255. The fraction of sp³-hybridized carbons (Fsp3) is 0.750. The standard InChI is InChI=1S/C8H14ClN3/c1-6(2)5-12-7(3)10-11-8(12)4-9/h6H,4-5H2,1-3H3. The van der Waals surface area contributed by atoms with Crippen molar-refractivity contribution < 1.29 is 0 Å². The predicted molar refractivity (Wildman–Crippen MR) is 49.2 cm³/mol. The molecule has 0 fully saturated rings. The normalized spacial score (nSPS) is 11.1. The monoisotopic (exact) mass is 187 g/mol. The zero-order valence-electron chi connectivity index (χ0n) is 7.71. The number of aryl methyl sites for hydroxylation is 1. The van der Waals surface area contributed by atoms with Gasteiger partial charge in [-0.05, 0) is 12.8 Å². The second kappa shape index (κ2) is 3.90. The van der Waals surface area contributed by atoms with E-state index >= 15 is 0 Å². The van der Waals surface area contributed by atoms with Gasteiger partial charge in [0.25, 0.3) is 0 Å². The van der Waals surface area contributed by atoms with Crippen molar-refractivity contribution in [1.82, 2.24) is 14.8 Å². The zero-order valence-corrected chi connectivity index (χ0v) is 8.47. The maximum absolute atomic E-state index is 5.71. The first-order valence-corrected chi connectivity index (χ1v) is 4.63. The average Bonchev–Trinajstić information content (AvgIpc) is 2.32. The molecule has 0 saturated heterocycles. The van der Waals surface area contributed by atoms with Crippen LogP contribution >= 0.6 is 11.6 Å². The highest BCUT2D eigenvalue weighted by atomic mass is 35.5. The van der Waals surface area contributed by atoms with Crippen LogP contribution in [-0.4, -0.2) is 14.8 Å². The maximum Gasteiger partial charge on any atom is 0.147 e. The Morgan fingerprint density at radius 3 is 2.58 bits per heavy atom. The van der Waals surface area contributed by atoms with Crippen molar-refractivity contribution in [2.45, 2.75) is 33.2 Å². The molecule has 0 aliphatic heterocycles. The molecule has 1 rings (SSSR count). The van der Waals surface area contributed by atoms with Crippen molar-refractivity contribution in [3.05, 3.63) is 11.6 Å². The summed E-state index contributed by atoms with van der Waals surface area (Å²) in [5, 5.41) is 7.94. The van der Waals surface area contributed by atoms with Crippen LogP contribution in [0.3, 0.4) is 0 Å². The van der Waals surface area contributed by atoms with E-state index in [-0.39, 0.29) is 0 Å². The molecule has 0 radical (unpaired) electrons. The van der Waals surface area contributed by atoms with Crippen LogP contribution in [0.15, 0.2) is 0 Å². The van der Waals surface area contributed by atoms with E-state index in [9.17, 15) is 0 Å². The molecule has 3 nitrogen and oxygen atoms in total. The Labute approximate surface area is 77.8 Å². The van der Waals surface area contributed by atoms with E-state index in [2.05, 4.69) is 28.6 Å². The van der Waals surface area contributed by atoms with Crippen molar-refractivity contribution in [2.75, 3.05) is 0 Å². The Hall–Kier alpha value is -0.570. The molecule has 0 amide bonds. The molecule has 0 spiro atoms. The van der Waals surface area contributed by atoms with Gasteiger partial charge in [-0.2, -0.15) is 0 Å². The first-order valence-electron chi connectivity index (χ1n) is 4.09. The Morgan fingerprint density at radius 2 is 2.08 bits per heavy atom. The minimum Gasteiger partial charge on any atom is -0.314 e. The molecule has 4 heteroatoms. The van der Waals surface area contributed by atoms with Crippen LogP contribution in [0.4, 0.5) is 0 Å². The highest BCUT2D eigenvalue weighted by Crippen LogP contribution is 2.07. The quantitative estimate of drug-likeness (QED) is 0.678. The van der Waals surface area contributed by atoms with Crippen LogP contribution in [0.25, 0.3) is 0 Å². The lowest BCUT2D eigenvalue weighted by molar-refractivity contribution is 0.503. The van der Waals surface area contributed by atoms with Gasteiger partial charge in [-0.3, -0.25) is 0 Å². The first kappa shape index (κ1) is 9.52. The van der Waals surface area contributed by atoms with Gasteiger partial charge in [0.1, 0.15) is 11.6 Å². The van der Waals surface area contributed by atoms with E-state index in [0.29, 0.717) is 11.8 Å². The van der Waals surface area contributed by atoms with E-state index in [0.717, 1.165) is 18.2 Å². The number of hydrogen-bond donors (Lipinski definition) is 0. The lowest BCUT2D eigenvalue weighted by Crippen LogP contribution is -2.09. The minimum atomic E-state index is 0.438. The second-order valence-corrected chi connectivity index (χ2v) is 3.57. The van der Waals surface area contributed by atoms with Crippen LogP contribution < -0.4 is 0 Å². The van der Waals surface area contributed by atoms with Gasteiger partial charge < -0.3 is 4.57 Å². The molecule has 0 atom stereocenters. The maximum atomic E-state index is 5.71. The summed E-state index contributed by atoms with van der Waals surface area (Å²) < 4.78 is 2.07. The molecule has 0 bridgehead atoms. The van der Waals surface area contributed by atoms with E-state index < -0.39 is 0 Å². The lowest BCUT2D eigenvalue weighted by atomic mass is 10.2. The highest BCUT2D eigenvalue weighted by molar-refractivity contribution is 6.16. The molecular weight excluding hydrogens is 174 g/mol. The number of halogens is 1. The van der Waals surface area contributed by atoms with Crippen molar-refractivity contribution >= 4 is 11.6 Å². The third-order valence-electron chi connectivity index (χ3n) is 1.68. The summed E-state index contributed by atoms with van der Waals surface area (Å²) in [7, 11) is 0. The first-order chi connectivity index (χ1) is 5.65. The van der Waals surface area contributed by atoms with Crippen molar-refractivity contribution in [3.8, 4) is 0 Å². The van der Waals surface area contributed by atoms with Crippen LogP contribution in [-0.2, 0) is 12.4 Å². The molecule has 68 valence electrons. The van der Waals surface area contributed by atoms with Crippen LogP contribution in [0.1, 0.15) is 25.5 Å². The van der Waals surface area contributed by atoms with Gasteiger partial charge in [-0.1, -0.05) is 13.8 Å². The van der Waals surface area contributed by atoms with E-state index in [1.54, 1.807) is 0 Å². The summed E-state index contributed by atoms with van der Waals surface area (Å²) in [6.45, 7) is 7.22. The number of aromatic nitrogens is 3. The zero-order chi connectivity index (χ0) is 9.14. The third-order valence-corrected chi connectivity index (χ3v) is 1.92. The molecule has 0 N–H and O–H groups in total. The van der Waals surface area contributed by atoms with Crippen LogP contribution in [0.2, 0.25) is 0 Å². The van der Waals surface area contributed by atoms with Gasteiger partial charge in [-0.15, -0.1) is 21.8 Å². The largest absolute Gasteiger partial charge is 0.314 e. The molecule has 1 heterocycles. The Balaban J connectivity index is 2.86. The molecule has 1 aromatic heterocycles. The number of rotatable bonds is 3. The minimum absolute atomic E-state index is 0.438. The van der Waals surface area contributed by atoms with E-state index in [1.807, 2.05) is 6.92 Å². The molecular formula is C8H14ClN3. The van der Waals surface area contributed by atoms with Gasteiger partial charge in [0.2, 0.25) is 0 Å². The van der Waals surface area contributed by atoms with Crippen LogP contribution in [0, 0.1) is 12.8 Å². The summed E-state index contributed by atoms with van der Waals surface area (Å²) in [5.41, 5.74) is 0. The fourth-order valence-electron chi connectivity index (χ4n) is 1.13. The second-order valence-electron chi connectivity index (χ2n) is 3.30. The predicted octanol–water partition coefficient (Wildman–Crippen LogP) is 1.98. The summed E-state index contributed by atoms with van der Waals surface area (Å²) in [4.78, 5) is 0. The van der Waals surface area contributed by atoms with Crippen molar-refractivity contribution in [1.29, 1.82) is 0 Å². The molecule has 0 aromatic carbocycles. The molecule has 12 heavy (non-hydrogen) atoms. The number of nitrogens with zero attached hydrogens (tertiary/aromatic N) is 3. The SMILES string of the molecule is Cc1nnc(CCl)n1CC(C)C. The molecule has 0 aliphatic rings. The Kier molecular flexibility index (Phi) is 3.09. The lowest BCUT2D eigenvalue weighted by Gasteiger charge is -2.09. The van der Waals surface area contributed by atoms with E-state index in [4.69, 9.17) is 11.6 Å². The van der Waals surface area contributed by atoms with E-state index in [1.165, 1.54) is 0 Å². The van der Waals surface area contributed by atoms with Gasteiger partial charge >= 0.3 is 0 Å². The Morgan fingerprint density at radius 1 is 1.42 bits per heavy atom. The van der Waals surface area contributed by atoms with Gasteiger partial charge in [-0.25, -0.2) is 0 Å². The summed E-state index contributed by atoms with van der Waals surface area (Å²) >= 11 is 5.71. The third kappa shape index (κ3) is 1.97. The van der Waals surface area contributed by atoms with Crippen molar-refractivity contribution in [2.24, 2.45) is 5.92 Å². The van der Waals surface area contributed by atoms with Crippen molar-refractivity contribution in [3.63, 3.8) is 0 Å². The molecule has 1 aromatic rings. The highest BCUT2D eigenvalue weighted by Gasteiger charge is 2.07. The molecule has 0 unspecified atom stereocenters. The molecule has 0 aliphatic carbocycles. The number of hydrogen-bond acceptors (Lipinski definition) is 2. The smallest absolute Gasteiger partial charge is 0.147 e. The summed E-state index contributed by atoms with van der Waals surface area (Å²) in [6.07, 6.45) is 0. The van der Waals surface area contributed by atoms with Gasteiger partial charge in [0.15, 0.2) is 0 Å². The topological polar surface area (TPSA) is 30.7 Å². The van der Waals surface area contributed by atoms with Gasteiger partial charge in [0.05, 0.1) is 5.88 Å². The fourth-order valence-corrected chi connectivity index (χ4v) is 1.32. The average molecular weight is 188 g/mol.